The van der Waals surface area contributed by atoms with E-state index in [0.717, 1.165) is 44.6 Å². The smallest absolute Gasteiger partial charge is 0.338 e. The second-order valence-corrected chi connectivity index (χ2v) is 14.5. The Balaban J connectivity index is 0.000000226. The van der Waals surface area contributed by atoms with Crippen molar-refractivity contribution in [3.63, 3.8) is 0 Å². The molecule has 58 heavy (non-hydrogen) atoms. The predicted molar refractivity (Wildman–Crippen MR) is 218 cm³/mol. The quantitative estimate of drug-likeness (QED) is 0.0763. The van der Waals surface area contributed by atoms with Crippen LogP contribution in [0.4, 0.5) is 17.6 Å². The number of carbonyl (C=O) groups is 2. The van der Waals surface area contributed by atoms with Gasteiger partial charge in [-0.15, -0.1) is 0 Å². The van der Waals surface area contributed by atoms with E-state index in [1.807, 2.05) is 6.92 Å². The number of rotatable bonds is 16. The maximum atomic E-state index is 15.2. The van der Waals surface area contributed by atoms with E-state index in [9.17, 15) is 33.0 Å². The van der Waals surface area contributed by atoms with Gasteiger partial charge in [-0.05, 0) is 127 Å². The molecule has 0 atom stereocenters. The summed E-state index contributed by atoms with van der Waals surface area (Å²) in [6.07, 6.45) is 10.7. The first-order chi connectivity index (χ1) is 28.0. The van der Waals surface area contributed by atoms with Gasteiger partial charge in [0.15, 0.2) is 0 Å². The molecule has 0 aromatic heterocycles. The van der Waals surface area contributed by atoms with Crippen molar-refractivity contribution in [1.82, 2.24) is 0 Å². The number of benzene rings is 5. The Hall–Kier alpha value is -5.48. The van der Waals surface area contributed by atoms with Gasteiger partial charge in [-0.2, -0.15) is 0 Å². The lowest BCUT2D eigenvalue weighted by Gasteiger charge is -2.29. The highest BCUT2D eigenvalue weighted by atomic mass is 19.1. The summed E-state index contributed by atoms with van der Waals surface area (Å²) in [6.45, 7) is 5.46. The topological polar surface area (TPSA) is 93.1 Å². The van der Waals surface area contributed by atoms with Crippen LogP contribution in [0.25, 0.3) is 33.4 Å². The number of ether oxygens (including phenoxy) is 2. The zero-order valence-electron chi connectivity index (χ0n) is 32.9. The van der Waals surface area contributed by atoms with E-state index in [1.165, 1.54) is 62.1 Å². The summed E-state index contributed by atoms with van der Waals surface area (Å²) < 4.78 is 67.3. The summed E-state index contributed by atoms with van der Waals surface area (Å²) >= 11 is 0. The molecule has 0 saturated heterocycles. The van der Waals surface area contributed by atoms with Crippen molar-refractivity contribution >= 4 is 11.9 Å². The highest BCUT2D eigenvalue weighted by Crippen LogP contribution is 2.39. The highest BCUT2D eigenvalue weighted by Gasteiger charge is 2.27. The van der Waals surface area contributed by atoms with Gasteiger partial charge in [0.2, 0.25) is 0 Å². The molecule has 0 aliphatic heterocycles. The van der Waals surface area contributed by atoms with E-state index in [4.69, 9.17) is 9.47 Å². The Morgan fingerprint density at radius 2 is 1.21 bits per heavy atom. The van der Waals surface area contributed by atoms with E-state index in [1.54, 1.807) is 54.6 Å². The van der Waals surface area contributed by atoms with E-state index < -0.39 is 40.8 Å². The van der Waals surface area contributed by atoms with Crippen molar-refractivity contribution < 1.29 is 46.8 Å². The fourth-order valence-electron chi connectivity index (χ4n) is 7.45. The van der Waals surface area contributed by atoms with Crippen LogP contribution in [0.1, 0.15) is 110 Å². The van der Waals surface area contributed by atoms with E-state index >= 15 is 4.39 Å². The van der Waals surface area contributed by atoms with Crippen molar-refractivity contribution in [2.45, 2.75) is 90.1 Å². The zero-order chi connectivity index (χ0) is 41.6. The molecular formula is C48H50F4O6. The van der Waals surface area contributed by atoms with Crippen LogP contribution in [-0.4, -0.2) is 41.5 Å². The molecule has 306 valence electrons. The van der Waals surface area contributed by atoms with Gasteiger partial charge in [0.1, 0.15) is 29.0 Å². The van der Waals surface area contributed by atoms with Gasteiger partial charge in [0.05, 0.1) is 23.8 Å². The van der Waals surface area contributed by atoms with Gasteiger partial charge in [0.25, 0.3) is 0 Å². The van der Waals surface area contributed by atoms with Crippen LogP contribution in [-0.2, 0) is 4.74 Å². The second-order valence-electron chi connectivity index (χ2n) is 14.5. The lowest BCUT2D eigenvalue weighted by atomic mass is 9.80. The lowest BCUT2D eigenvalue weighted by Crippen LogP contribution is -2.21. The molecule has 1 fully saturated rings. The van der Waals surface area contributed by atoms with E-state index in [0.29, 0.717) is 46.8 Å². The van der Waals surface area contributed by atoms with Crippen molar-refractivity contribution in [1.29, 1.82) is 0 Å². The van der Waals surface area contributed by atoms with Crippen molar-refractivity contribution in [2.75, 3.05) is 13.2 Å². The van der Waals surface area contributed by atoms with Crippen LogP contribution < -0.4 is 4.74 Å². The Labute approximate surface area is 337 Å². The van der Waals surface area contributed by atoms with Gasteiger partial charge in [-0.3, -0.25) is 0 Å². The van der Waals surface area contributed by atoms with Gasteiger partial charge in [0, 0.05) is 23.8 Å². The van der Waals surface area contributed by atoms with Crippen LogP contribution in [0.5, 0.6) is 5.75 Å². The Kier molecular flexibility index (Phi) is 16.0. The Morgan fingerprint density at radius 1 is 0.621 bits per heavy atom. The lowest BCUT2D eigenvalue weighted by molar-refractivity contribution is 0.0327. The molecule has 0 bridgehead atoms. The number of hydrogen-bond donors (Lipinski definition) is 2. The molecule has 0 radical (unpaired) electrons. The molecule has 10 heteroatoms. The standard InChI is InChI=1S/C27H28F2O3.C21H22F2O3/c1-2-3-4-5-6-7-18-32-22-14-10-20(11-15-22)25-23(19-8-12-21(28)13-9-19)16-17-24(26(25)29)27(30)31;1-2-26-16-7-3-13(4-8-16)19-11-14(5-9-18(19)21(24)25)17-10-6-15(22)12-20(17)23/h8-17H,2-7,18H2,1H3,(H,30,31);5-6,9-13,16H,2-4,7-8H2,1H3,(H,24,25)/t;13-,16-. The first-order valence-corrected chi connectivity index (χ1v) is 20.0. The molecule has 5 aromatic rings. The van der Waals surface area contributed by atoms with Gasteiger partial charge >= 0.3 is 11.9 Å². The molecule has 1 aliphatic rings. The molecule has 0 amide bonds. The van der Waals surface area contributed by atoms with E-state index in [-0.39, 0.29) is 28.7 Å². The zero-order valence-corrected chi connectivity index (χ0v) is 32.9. The third-order valence-corrected chi connectivity index (χ3v) is 10.5. The molecule has 6 nitrogen and oxygen atoms in total. The minimum absolute atomic E-state index is 0.0984. The maximum absolute atomic E-state index is 15.2. The fraction of sp³-hybridized carbons (Fsp3) is 0.333. The first kappa shape index (κ1) is 43.6. The molecule has 0 spiro atoms. The average molecular weight is 799 g/mol. The van der Waals surface area contributed by atoms with Crippen LogP contribution in [0.3, 0.4) is 0 Å². The largest absolute Gasteiger partial charge is 0.494 e. The summed E-state index contributed by atoms with van der Waals surface area (Å²) in [5.74, 6) is -4.06. The third-order valence-electron chi connectivity index (χ3n) is 10.5. The van der Waals surface area contributed by atoms with Crippen molar-refractivity contribution in [3.8, 4) is 39.1 Å². The molecule has 1 saturated carbocycles. The molecule has 2 N–H and O–H groups in total. The summed E-state index contributed by atoms with van der Waals surface area (Å²) in [6, 6.07) is 23.7. The summed E-state index contributed by atoms with van der Waals surface area (Å²) in [5.41, 5.74) is 3.17. The third kappa shape index (κ3) is 11.6. The van der Waals surface area contributed by atoms with Crippen molar-refractivity contribution in [3.05, 3.63) is 137 Å². The van der Waals surface area contributed by atoms with Crippen LogP contribution in [0.15, 0.2) is 97.1 Å². The number of carboxylic acids is 2. The van der Waals surface area contributed by atoms with Gasteiger partial charge in [-0.25, -0.2) is 27.2 Å². The molecule has 0 heterocycles. The minimum atomic E-state index is -1.34. The normalized spacial score (nSPS) is 15.0. The Morgan fingerprint density at radius 3 is 1.84 bits per heavy atom. The van der Waals surface area contributed by atoms with Crippen LogP contribution >= 0.6 is 0 Å². The summed E-state index contributed by atoms with van der Waals surface area (Å²) in [5, 5.41) is 18.9. The molecule has 0 unspecified atom stereocenters. The minimum Gasteiger partial charge on any atom is -0.494 e. The number of carboxylic acid groups (broad SMARTS) is 2. The average Bonchev–Trinajstić information content (AvgIpc) is 3.21. The first-order valence-electron chi connectivity index (χ1n) is 20.0. The summed E-state index contributed by atoms with van der Waals surface area (Å²) in [7, 11) is 0. The van der Waals surface area contributed by atoms with E-state index in [2.05, 4.69) is 6.92 Å². The second kappa shape index (κ2) is 21.3. The number of unbranched alkanes of at least 4 members (excludes halogenated alkanes) is 5. The summed E-state index contributed by atoms with van der Waals surface area (Å²) in [4.78, 5) is 23.1. The molecule has 6 rings (SSSR count). The predicted octanol–water partition coefficient (Wildman–Crippen LogP) is 13.1. The number of halogens is 4. The molecule has 5 aromatic carbocycles. The molecular weight excluding hydrogens is 749 g/mol. The SMILES string of the molecule is CCCCCCCCOc1ccc(-c2c(-c3ccc(F)cc3)ccc(C(=O)O)c2F)cc1.CCO[C@H]1CC[C@H](c2cc(-c3ccc(F)cc3F)ccc2C(=O)O)CC1. The van der Waals surface area contributed by atoms with Crippen molar-refractivity contribution in [2.24, 2.45) is 0 Å². The van der Waals surface area contributed by atoms with Gasteiger partial charge < -0.3 is 19.7 Å². The van der Waals surface area contributed by atoms with Crippen LogP contribution in [0, 0.1) is 23.3 Å². The highest BCUT2D eigenvalue weighted by molar-refractivity contribution is 5.94. The molecule has 1 aliphatic carbocycles. The maximum Gasteiger partial charge on any atom is 0.338 e. The van der Waals surface area contributed by atoms with Gasteiger partial charge in [-0.1, -0.05) is 75.4 Å². The number of aromatic carboxylic acids is 2. The Bertz CT molecular complexity index is 2130. The monoisotopic (exact) mass is 798 g/mol. The van der Waals surface area contributed by atoms with Crippen LogP contribution in [0.2, 0.25) is 0 Å². The number of hydrogen-bond acceptors (Lipinski definition) is 4. The fourth-order valence-corrected chi connectivity index (χ4v) is 7.45.